The van der Waals surface area contributed by atoms with Crippen molar-refractivity contribution >= 4 is 5.78 Å². The molecule has 1 N–H and O–H groups in total. The van der Waals surface area contributed by atoms with E-state index in [2.05, 4.69) is 13.8 Å². The summed E-state index contributed by atoms with van der Waals surface area (Å²) < 4.78 is 0. The SMILES string of the molecule is CC(=O)[C@@H]1CC[C@H]2[C@@H]3CC[C@@H]4C[C@@H](O)CC[C@@]4(C)[C@H]3CC[C@@]12C. The van der Waals surface area contributed by atoms with Gasteiger partial charge in [-0.1, -0.05) is 13.8 Å². The second kappa shape index (κ2) is 5.31. The lowest BCUT2D eigenvalue weighted by Crippen LogP contribution is -2.54. The summed E-state index contributed by atoms with van der Waals surface area (Å²) in [4.78, 5) is 12.2. The molecule has 0 spiro atoms. The van der Waals surface area contributed by atoms with E-state index in [4.69, 9.17) is 0 Å². The van der Waals surface area contributed by atoms with Crippen LogP contribution in [0.15, 0.2) is 0 Å². The highest BCUT2D eigenvalue weighted by molar-refractivity contribution is 5.79. The molecule has 8 atom stereocenters. The molecule has 0 aromatic rings. The minimum absolute atomic E-state index is 0.0490. The predicted molar refractivity (Wildman–Crippen MR) is 91.9 cm³/mol. The molecular formula is C21H34O2. The fourth-order valence-corrected chi connectivity index (χ4v) is 7.90. The van der Waals surface area contributed by atoms with Crippen LogP contribution in [0, 0.1) is 40.4 Å². The molecule has 23 heavy (non-hydrogen) atoms. The minimum atomic E-state index is -0.0490. The first-order chi connectivity index (χ1) is 10.9. The zero-order chi connectivity index (χ0) is 16.4. The van der Waals surface area contributed by atoms with Crippen LogP contribution in [0.5, 0.6) is 0 Å². The van der Waals surface area contributed by atoms with Gasteiger partial charge >= 0.3 is 0 Å². The molecule has 130 valence electrons. The molecule has 0 amide bonds. The van der Waals surface area contributed by atoms with Gasteiger partial charge in [-0.2, -0.15) is 0 Å². The lowest BCUT2D eigenvalue weighted by atomic mass is 9.44. The molecule has 0 aromatic carbocycles. The molecule has 0 heterocycles. The van der Waals surface area contributed by atoms with Crippen LogP contribution < -0.4 is 0 Å². The maximum absolute atomic E-state index is 12.2. The second-order valence-electron chi connectivity index (χ2n) is 9.87. The third kappa shape index (κ3) is 2.19. The summed E-state index contributed by atoms with van der Waals surface area (Å²) in [5.41, 5.74) is 0.738. The molecule has 0 unspecified atom stereocenters. The van der Waals surface area contributed by atoms with E-state index in [0.717, 1.165) is 42.9 Å². The summed E-state index contributed by atoms with van der Waals surface area (Å²) in [6, 6.07) is 0. The lowest BCUT2D eigenvalue weighted by molar-refractivity contribution is -0.138. The molecule has 0 bridgehead atoms. The Kier molecular flexibility index (Phi) is 3.72. The third-order valence-corrected chi connectivity index (χ3v) is 9.13. The van der Waals surface area contributed by atoms with Crippen LogP contribution in [0.3, 0.4) is 0 Å². The summed E-state index contributed by atoms with van der Waals surface area (Å²) in [6.45, 7) is 6.80. The molecule has 4 aliphatic rings. The molecule has 0 aliphatic heterocycles. The van der Waals surface area contributed by atoms with E-state index in [1.807, 2.05) is 6.92 Å². The monoisotopic (exact) mass is 318 g/mol. The highest BCUT2D eigenvalue weighted by atomic mass is 16.3. The van der Waals surface area contributed by atoms with Gasteiger partial charge in [0.1, 0.15) is 5.78 Å². The third-order valence-electron chi connectivity index (χ3n) is 9.13. The fourth-order valence-electron chi connectivity index (χ4n) is 7.90. The zero-order valence-electron chi connectivity index (χ0n) is 15.2. The molecule has 4 fully saturated rings. The van der Waals surface area contributed by atoms with Crippen molar-refractivity contribution in [3.8, 4) is 0 Å². The first-order valence-corrected chi connectivity index (χ1v) is 10.0. The largest absolute Gasteiger partial charge is 0.393 e. The average Bonchev–Trinajstić information content (AvgIpc) is 2.85. The van der Waals surface area contributed by atoms with Crippen LogP contribution in [-0.2, 0) is 4.79 Å². The maximum Gasteiger partial charge on any atom is 0.133 e. The van der Waals surface area contributed by atoms with Gasteiger partial charge in [0.2, 0.25) is 0 Å². The standard InChI is InChI=1S/C21H34O2/c1-13(22)17-6-7-18-16-5-4-14-12-15(23)8-10-20(14,2)19(16)9-11-21(17,18)3/h14-19,23H,4-12H2,1-3H3/t14-,15+,16+,17+,18+,19+,20-,21+/m1/s1. The van der Waals surface area contributed by atoms with Gasteiger partial charge in [0.25, 0.3) is 0 Å². The van der Waals surface area contributed by atoms with Gasteiger partial charge in [0.05, 0.1) is 6.10 Å². The van der Waals surface area contributed by atoms with Crippen molar-refractivity contribution in [2.45, 2.75) is 84.7 Å². The van der Waals surface area contributed by atoms with Crippen LogP contribution in [0.4, 0.5) is 0 Å². The number of aliphatic hydroxyl groups excluding tert-OH is 1. The van der Waals surface area contributed by atoms with Gasteiger partial charge in [-0.05, 0) is 99.2 Å². The van der Waals surface area contributed by atoms with E-state index in [-0.39, 0.29) is 11.5 Å². The normalized spacial score (nSPS) is 55.7. The number of carbonyl (C=O) groups is 1. The van der Waals surface area contributed by atoms with Crippen molar-refractivity contribution < 1.29 is 9.90 Å². The van der Waals surface area contributed by atoms with E-state index in [1.165, 1.54) is 38.5 Å². The summed E-state index contributed by atoms with van der Waals surface area (Å²) in [5, 5.41) is 10.1. The first-order valence-electron chi connectivity index (χ1n) is 10.0. The Labute approximate surface area is 141 Å². The lowest BCUT2D eigenvalue weighted by Gasteiger charge is -2.60. The zero-order valence-corrected chi connectivity index (χ0v) is 15.2. The molecule has 2 heteroatoms. The van der Waals surface area contributed by atoms with Gasteiger partial charge in [-0.25, -0.2) is 0 Å². The number of hydrogen-bond acceptors (Lipinski definition) is 2. The van der Waals surface area contributed by atoms with Gasteiger partial charge in [0.15, 0.2) is 0 Å². The van der Waals surface area contributed by atoms with Crippen LogP contribution in [0.25, 0.3) is 0 Å². The predicted octanol–water partition coefficient (Wildman–Crippen LogP) is 4.60. The van der Waals surface area contributed by atoms with Gasteiger partial charge in [0, 0.05) is 5.92 Å². The number of aliphatic hydroxyl groups is 1. The highest BCUT2D eigenvalue weighted by Gasteiger charge is 2.60. The van der Waals surface area contributed by atoms with E-state index >= 15 is 0 Å². The average molecular weight is 319 g/mol. The molecule has 0 aromatic heterocycles. The van der Waals surface area contributed by atoms with Crippen molar-refractivity contribution in [1.82, 2.24) is 0 Å². The van der Waals surface area contributed by atoms with Gasteiger partial charge in [-0.3, -0.25) is 4.79 Å². The number of fused-ring (bicyclic) bond motifs is 5. The van der Waals surface area contributed by atoms with Gasteiger partial charge in [-0.15, -0.1) is 0 Å². The number of ketones is 1. The van der Waals surface area contributed by atoms with Crippen molar-refractivity contribution in [3.63, 3.8) is 0 Å². The van der Waals surface area contributed by atoms with Crippen LogP contribution >= 0.6 is 0 Å². The Morgan fingerprint density at radius 2 is 1.61 bits per heavy atom. The minimum Gasteiger partial charge on any atom is -0.393 e. The van der Waals surface area contributed by atoms with E-state index in [0.29, 0.717) is 17.1 Å². The van der Waals surface area contributed by atoms with E-state index < -0.39 is 0 Å². The molecule has 0 radical (unpaired) electrons. The van der Waals surface area contributed by atoms with Gasteiger partial charge < -0.3 is 5.11 Å². The Morgan fingerprint density at radius 1 is 0.913 bits per heavy atom. The molecule has 4 rings (SSSR count). The number of Topliss-reactive ketones (excluding diaryl/α,β-unsaturated/α-hetero) is 1. The summed E-state index contributed by atoms with van der Waals surface area (Å²) in [5.74, 6) is 3.97. The molecular weight excluding hydrogens is 284 g/mol. The summed E-state index contributed by atoms with van der Waals surface area (Å²) in [6.07, 6.45) is 10.9. The quantitative estimate of drug-likeness (QED) is 0.767. The summed E-state index contributed by atoms with van der Waals surface area (Å²) >= 11 is 0. The summed E-state index contributed by atoms with van der Waals surface area (Å²) in [7, 11) is 0. The van der Waals surface area contributed by atoms with Crippen molar-refractivity contribution in [3.05, 3.63) is 0 Å². The van der Waals surface area contributed by atoms with E-state index in [1.54, 1.807) is 0 Å². The molecule has 4 aliphatic carbocycles. The fraction of sp³-hybridized carbons (Fsp3) is 0.952. The van der Waals surface area contributed by atoms with Crippen molar-refractivity contribution in [2.75, 3.05) is 0 Å². The van der Waals surface area contributed by atoms with Crippen LogP contribution in [0.2, 0.25) is 0 Å². The Bertz CT molecular complexity index is 500. The first kappa shape index (κ1) is 16.1. The van der Waals surface area contributed by atoms with E-state index in [9.17, 15) is 9.90 Å². The Balaban J connectivity index is 1.61. The second-order valence-corrected chi connectivity index (χ2v) is 9.87. The number of rotatable bonds is 1. The van der Waals surface area contributed by atoms with Crippen LogP contribution in [0.1, 0.15) is 78.6 Å². The highest BCUT2D eigenvalue weighted by Crippen LogP contribution is 2.67. The maximum atomic E-state index is 12.2. The molecule has 4 saturated carbocycles. The Morgan fingerprint density at radius 3 is 2.35 bits per heavy atom. The number of hydrogen-bond donors (Lipinski definition) is 1. The molecule has 2 nitrogen and oxygen atoms in total. The molecule has 0 saturated heterocycles. The number of carbonyl (C=O) groups excluding carboxylic acids is 1. The topological polar surface area (TPSA) is 37.3 Å². The Hall–Kier alpha value is -0.370. The van der Waals surface area contributed by atoms with Crippen molar-refractivity contribution in [2.24, 2.45) is 40.4 Å². The smallest absolute Gasteiger partial charge is 0.133 e. The van der Waals surface area contributed by atoms with Crippen LogP contribution in [-0.4, -0.2) is 17.0 Å². The van der Waals surface area contributed by atoms with Crippen molar-refractivity contribution in [1.29, 1.82) is 0 Å².